The molecule has 4 rings (SSSR count). The van der Waals surface area contributed by atoms with E-state index in [0.29, 0.717) is 5.95 Å². The first-order chi connectivity index (χ1) is 13.7. The van der Waals surface area contributed by atoms with Crippen LogP contribution in [-0.2, 0) is 0 Å². The fourth-order valence-electron chi connectivity index (χ4n) is 2.95. The number of imidazole rings is 1. The van der Waals surface area contributed by atoms with Crippen LogP contribution in [0.5, 0.6) is 0 Å². The molecule has 0 radical (unpaired) electrons. The number of H-pyrrole nitrogens is 1. The van der Waals surface area contributed by atoms with Gasteiger partial charge in [0.05, 0.1) is 17.1 Å². The minimum absolute atomic E-state index is 0.481. The lowest BCUT2D eigenvalue weighted by Crippen LogP contribution is -2.07. The molecule has 0 saturated heterocycles. The van der Waals surface area contributed by atoms with E-state index in [1.54, 1.807) is 0 Å². The van der Waals surface area contributed by atoms with Crippen molar-refractivity contribution in [2.45, 2.75) is 0 Å². The molecular formula is C23H21N5. The van der Waals surface area contributed by atoms with Gasteiger partial charge in [0.15, 0.2) is 0 Å². The summed E-state index contributed by atoms with van der Waals surface area (Å²) >= 11 is 0. The fourth-order valence-corrected chi connectivity index (χ4v) is 2.95. The maximum atomic E-state index is 4.69. The Hall–Kier alpha value is -3.73. The summed E-state index contributed by atoms with van der Waals surface area (Å²) in [6.07, 6.45) is 0. The lowest BCUT2D eigenvalue weighted by molar-refractivity contribution is 1.11. The van der Waals surface area contributed by atoms with Crippen molar-refractivity contribution in [2.24, 2.45) is 10.2 Å². The molecule has 5 nitrogen and oxygen atoms in total. The number of azo groups is 1. The molecule has 4 aromatic rings. The van der Waals surface area contributed by atoms with Gasteiger partial charge >= 0.3 is 0 Å². The highest BCUT2D eigenvalue weighted by atomic mass is 15.2. The lowest BCUT2D eigenvalue weighted by Gasteiger charge is -2.11. The van der Waals surface area contributed by atoms with Crippen molar-refractivity contribution in [3.63, 3.8) is 0 Å². The Labute approximate surface area is 164 Å². The molecule has 5 heteroatoms. The number of hydrogen-bond acceptors (Lipinski definition) is 4. The van der Waals surface area contributed by atoms with Crippen LogP contribution in [0.25, 0.3) is 22.5 Å². The smallest absolute Gasteiger partial charge is 0.247 e. The van der Waals surface area contributed by atoms with Crippen LogP contribution in [0.3, 0.4) is 0 Å². The maximum Gasteiger partial charge on any atom is 0.247 e. The van der Waals surface area contributed by atoms with Gasteiger partial charge in [0.2, 0.25) is 5.95 Å². The van der Waals surface area contributed by atoms with Gasteiger partial charge in [0.25, 0.3) is 0 Å². The number of benzene rings is 3. The number of aromatic amines is 1. The van der Waals surface area contributed by atoms with Crippen molar-refractivity contribution in [1.29, 1.82) is 0 Å². The van der Waals surface area contributed by atoms with Gasteiger partial charge in [-0.25, -0.2) is 4.98 Å². The summed E-state index contributed by atoms with van der Waals surface area (Å²) in [5.41, 5.74) is 5.80. The third-order valence-electron chi connectivity index (χ3n) is 4.43. The summed E-state index contributed by atoms with van der Waals surface area (Å²) in [6, 6.07) is 28.2. The summed E-state index contributed by atoms with van der Waals surface area (Å²) in [6.45, 7) is 0. The zero-order chi connectivity index (χ0) is 19.3. The third kappa shape index (κ3) is 3.83. The van der Waals surface area contributed by atoms with Crippen LogP contribution in [0.1, 0.15) is 0 Å². The van der Waals surface area contributed by atoms with E-state index in [9.17, 15) is 0 Å². The summed E-state index contributed by atoms with van der Waals surface area (Å²) in [5.74, 6) is 0.481. The van der Waals surface area contributed by atoms with Gasteiger partial charge in [-0.2, -0.15) is 0 Å². The molecule has 0 atom stereocenters. The Kier molecular flexibility index (Phi) is 4.97. The van der Waals surface area contributed by atoms with E-state index in [0.717, 1.165) is 33.9 Å². The summed E-state index contributed by atoms with van der Waals surface area (Å²) < 4.78 is 0. The predicted octanol–water partition coefficient (Wildman–Crippen LogP) is 6.23. The molecule has 0 aliphatic rings. The molecule has 0 aliphatic heterocycles. The molecule has 0 amide bonds. The summed E-state index contributed by atoms with van der Waals surface area (Å²) in [7, 11) is 4.02. The highest BCUT2D eigenvalue weighted by Crippen LogP contribution is 2.32. The van der Waals surface area contributed by atoms with Crippen molar-refractivity contribution in [1.82, 2.24) is 9.97 Å². The Morgan fingerprint density at radius 1 is 0.714 bits per heavy atom. The highest BCUT2D eigenvalue weighted by molar-refractivity contribution is 5.79. The van der Waals surface area contributed by atoms with Crippen LogP contribution in [0.15, 0.2) is 95.2 Å². The number of rotatable bonds is 5. The topological polar surface area (TPSA) is 56.6 Å². The quantitative estimate of drug-likeness (QED) is 0.425. The second-order valence-corrected chi connectivity index (χ2v) is 6.63. The van der Waals surface area contributed by atoms with Crippen LogP contribution >= 0.6 is 0 Å². The van der Waals surface area contributed by atoms with Gasteiger partial charge in [-0.15, -0.1) is 10.2 Å². The van der Waals surface area contributed by atoms with E-state index in [4.69, 9.17) is 4.98 Å². The van der Waals surface area contributed by atoms with E-state index in [1.807, 2.05) is 91.8 Å². The van der Waals surface area contributed by atoms with Crippen LogP contribution in [0.4, 0.5) is 17.3 Å². The Morgan fingerprint density at radius 2 is 1.32 bits per heavy atom. The first-order valence-electron chi connectivity index (χ1n) is 9.11. The molecule has 0 bridgehead atoms. The molecule has 1 heterocycles. The second-order valence-electron chi connectivity index (χ2n) is 6.63. The monoisotopic (exact) mass is 367 g/mol. The average Bonchev–Trinajstić information content (AvgIpc) is 3.18. The molecule has 138 valence electrons. The van der Waals surface area contributed by atoms with Crippen molar-refractivity contribution in [3.05, 3.63) is 84.9 Å². The van der Waals surface area contributed by atoms with Crippen LogP contribution in [0, 0.1) is 0 Å². The molecule has 1 N–H and O–H groups in total. The van der Waals surface area contributed by atoms with E-state index < -0.39 is 0 Å². The van der Waals surface area contributed by atoms with E-state index >= 15 is 0 Å². The molecule has 0 aliphatic carbocycles. The van der Waals surface area contributed by atoms with Gasteiger partial charge < -0.3 is 9.88 Å². The van der Waals surface area contributed by atoms with Crippen LogP contribution in [0.2, 0.25) is 0 Å². The van der Waals surface area contributed by atoms with Crippen molar-refractivity contribution in [3.8, 4) is 22.5 Å². The highest BCUT2D eigenvalue weighted by Gasteiger charge is 2.13. The zero-order valence-corrected chi connectivity index (χ0v) is 15.9. The molecule has 0 fully saturated rings. The number of nitrogens with zero attached hydrogens (tertiary/aromatic N) is 4. The Morgan fingerprint density at radius 3 is 1.93 bits per heavy atom. The number of hydrogen-bond donors (Lipinski definition) is 1. The van der Waals surface area contributed by atoms with Crippen LogP contribution in [-0.4, -0.2) is 24.1 Å². The van der Waals surface area contributed by atoms with Gasteiger partial charge in [0, 0.05) is 30.9 Å². The van der Waals surface area contributed by atoms with E-state index in [2.05, 4.69) is 27.3 Å². The van der Waals surface area contributed by atoms with Crippen molar-refractivity contribution >= 4 is 17.3 Å². The third-order valence-corrected chi connectivity index (χ3v) is 4.43. The summed E-state index contributed by atoms with van der Waals surface area (Å²) in [5, 5.41) is 8.66. The Balaban J connectivity index is 1.69. The van der Waals surface area contributed by atoms with Crippen LogP contribution < -0.4 is 4.90 Å². The zero-order valence-electron chi connectivity index (χ0n) is 15.9. The number of aromatic nitrogens is 2. The Bertz CT molecular complexity index is 1010. The molecule has 3 aromatic carbocycles. The van der Waals surface area contributed by atoms with Crippen molar-refractivity contribution < 1.29 is 0 Å². The number of anilines is 1. The van der Waals surface area contributed by atoms with Gasteiger partial charge in [-0.1, -0.05) is 60.7 Å². The lowest BCUT2D eigenvalue weighted by atomic mass is 10.1. The van der Waals surface area contributed by atoms with Crippen molar-refractivity contribution in [2.75, 3.05) is 19.0 Å². The van der Waals surface area contributed by atoms with Gasteiger partial charge in [0.1, 0.15) is 0 Å². The first kappa shape index (κ1) is 17.7. The van der Waals surface area contributed by atoms with Gasteiger partial charge in [-0.3, -0.25) is 0 Å². The molecular weight excluding hydrogens is 346 g/mol. The average molecular weight is 367 g/mol. The van der Waals surface area contributed by atoms with E-state index in [1.165, 1.54) is 0 Å². The fraction of sp³-hybridized carbons (Fsp3) is 0.0870. The minimum atomic E-state index is 0.481. The summed E-state index contributed by atoms with van der Waals surface area (Å²) in [4.78, 5) is 10.1. The SMILES string of the molecule is CN(C)c1ccc(N=Nc2nc(-c3ccccc3)c(-c3ccccc3)[nH]2)cc1. The first-order valence-corrected chi connectivity index (χ1v) is 9.11. The second kappa shape index (κ2) is 7.88. The predicted molar refractivity (Wildman–Crippen MR) is 114 cm³/mol. The van der Waals surface area contributed by atoms with E-state index in [-0.39, 0.29) is 0 Å². The largest absolute Gasteiger partial charge is 0.378 e. The van der Waals surface area contributed by atoms with Gasteiger partial charge in [-0.05, 0) is 24.3 Å². The molecule has 0 saturated carbocycles. The standard InChI is InChI=1S/C23H21N5/c1-28(2)20-15-13-19(14-16-20)26-27-23-24-21(17-9-5-3-6-10-17)22(25-23)18-11-7-4-8-12-18/h3-16H,1-2H3,(H,24,25). The normalized spacial score (nSPS) is 11.1. The number of nitrogens with one attached hydrogen (secondary N) is 1. The molecule has 1 aromatic heterocycles. The molecule has 0 unspecified atom stereocenters. The minimum Gasteiger partial charge on any atom is -0.378 e. The molecule has 28 heavy (non-hydrogen) atoms. The maximum absolute atomic E-state index is 4.69. The molecule has 0 spiro atoms.